The van der Waals surface area contributed by atoms with E-state index >= 15 is 0 Å². The lowest BCUT2D eigenvalue weighted by Crippen LogP contribution is -2.40. The van der Waals surface area contributed by atoms with Crippen LogP contribution in [0.2, 0.25) is 0 Å². The summed E-state index contributed by atoms with van der Waals surface area (Å²) in [7, 11) is 0. The van der Waals surface area contributed by atoms with Crippen LogP contribution in [0, 0.1) is 28.8 Å². The minimum Gasteiger partial charge on any atom is -0.351 e. The van der Waals surface area contributed by atoms with Gasteiger partial charge in [-0.1, -0.05) is 33.8 Å². The van der Waals surface area contributed by atoms with Crippen LogP contribution in [-0.4, -0.2) is 5.91 Å². The Bertz CT molecular complexity index is 484. The molecule has 0 bridgehead atoms. The summed E-state index contributed by atoms with van der Waals surface area (Å²) in [6.45, 7) is 7.18. The summed E-state index contributed by atoms with van der Waals surface area (Å²) in [5.41, 5.74) is -0.693. The monoisotopic (exact) mass is 273 g/mol. The third-order valence-electron chi connectivity index (χ3n) is 3.58. The van der Waals surface area contributed by atoms with Crippen molar-refractivity contribution in [3.8, 4) is 0 Å². The van der Waals surface area contributed by atoms with Gasteiger partial charge in [0.1, 0.15) is 0 Å². The molecule has 0 spiro atoms. The average molecular weight is 273 g/mol. The lowest BCUT2D eigenvalue weighted by molar-refractivity contribution is -0.131. The van der Waals surface area contributed by atoms with E-state index in [9.17, 15) is 18.0 Å². The van der Waals surface area contributed by atoms with Crippen LogP contribution in [0.3, 0.4) is 0 Å². The van der Waals surface area contributed by atoms with Gasteiger partial charge < -0.3 is 5.32 Å². The Labute approximate surface area is 111 Å². The first-order valence-electron chi connectivity index (χ1n) is 6.08. The predicted octanol–water partition coefficient (Wildman–Crippen LogP) is 3.40. The molecule has 0 heterocycles. The van der Waals surface area contributed by atoms with Gasteiger partial charge in [0.15, 0.2) is 17.5 Å². The van der Waals surface area contributed by atoms with Crippen LogP contribution in [0.1, 0.15) is 33.3 Å². The number of carbonyl (C=O) groups is 1. The Morgan fingerprint density at radius 3 is 2.32 bits per heavy atom. The number of hydrogen-bond acceptors (Lipinski definition) is 1. The summed E-state index contributed by atoms with van der Waals surface area (Å²) in [5, 5.41) is 2.54. The van der Waals surface area contributed by atoms with Crippen molar-refractivity contribution in [2.24, 2.45) is 11.3 Å². The lowest BCUT2D eigenvalue weighted by atomic mass is 9.80. The van der Waals surface area contributed by atoms with Gasteiger partial charge in [0.05, 0.1) is 0 Å². The highest BCUT2D eigenvalue weighted by Gasteiger charge is 2.31. The van der Waals surface area contributed by atoms with Gasteiger partial charge in [-0.15, -0.1) is 0 Å². The average Bonchev–Trinajstić information content (AvgIpc) is 2.34. The summed E-state index contributed by atoms with van der Waals surface area (Å²) < 4.78 is 39.2. The van der Waals surface area contributed by atoms with Crippen molar-refractivity contribution in [3.05, 3.63) is 35.1 Å². The highest BCUT2D eigenvalue weighted by molar-refractivity contribution is 5.82. The molecule has 19 heavy (non-hydrogen) atoms. The molecule has 5 heteroatoms. The fourth-order valence-electron chi connectivity index (χ4n) is 1.37. The molecule has 0 saturated carbocycles. The Morgan fingerprint density at radius 1 is 1.21 bits per heavy atom. The Balaban J connectivity index is 2.79. The molecule has 0 aliphatic rings. The molecule has 0 aromatic heterocycles. The fraction of sp³-hybridized carbons (Fsp3) is 0.500. The molecule has 1 rings (SSSR count). The predicted molar refractivity (Wildman–Crippen MR) is 66.8 cm³/mol. The molecule has 106 valence electrons. The van der Waals surface area contributed by atoms with Gasteiger partial charge in [0, 0.05) is 17.5 Å². The van der Waals surface area contributed by atoms with E-state index in [1.165, 1.54) is 0 Å². The Hall–Kier alpha value is -1.52. The van der Waals surface area contributed by atoms with Gasteiger partial charge >= 0.3 is 0 Å². The molecule has 0 fully saturated rings. The lowest BCUT2D eigenvalue weighted by Gasteiger charge is -2.27. The molecule has 1 aromatic carbocycles. The maximum absolute atomic E-state index is 13.4. The quantitative estimate of drug-likeness (QED) is 0.837. The molecule has 0 saturated heterocycles. The van der Waals surface area contributed by atoms with E-state index in [1.807, 2.05) is 13.8 Å². The summed E-state index contributed by atoms with van der Waals surface area (Å²) in [6, 6.07) is 1.96. The van der Waals surface area contributed by atoms with E-state index in [0.717, 1.165) is 12.1 Å². The molecule has 0 aliphatic carbocycles. The molecule has 0 aliphatic heterocycles. The van der Waals surface area contributed by atoms with Gasteiger partial charge in [0.25, 0.3) is 0 Å². The first-order chi connectivity index (χ1) is 8.67. The van der Waals surface area contributed by atoms with Crippen molar-refractivity contribution >= 4 is 5.91 Å². The van der Waals surface area contributed by atoms with Gasteiger partial charge in [-0.25, -0.2) is 13.2 Å². The van der Waals surface area contributed by atoms with Gasteiger partial charge in [-0.3, -0.25) is 4.79 Å². The van der Waals surface area contributed by atoms with Crippen LogP contribution in [0.25, 0.3) is 0 Å². The number of nitrogens with one attached hydrogen (secondary N) is 1. The normalized spacial score (nSPS) is 11.8. The highest BCUT2D eigenvalue weighted by Crippen LogP contribution is 2.26. The van der Waals surface area contributed by atoms with E-state index in [2.05, 4.69) is 5.32 Å². The van der Waals surface area contributed by atoms with E-state index in [1.54, 1.807) is 13.8 Å². The number of benzene rings is 1. The molecule has 0 atom stereocenters. The second kappa shape index (κ2) is 5.63. The van der Waals surface area contributed by atoms with Crippen molar-refractivity contribution in [2.75, 3.05) is 0 Å². The van der Waals surface area contributed by atoms with E-state index in [0.29, 0.717) is 0 Å². The number of carbonyl (C=O) groups excluding carboxylic acids is 1. The molecular weight excluding hydrogens is 255 g/mol. The van der Waals surface area contributed by atoms with E-state index in [4.69, 9.17) is 0 Å². The second-order valence-electron chi connectivity index (χ2n) is 5.39. The summed E-state index contributed by atoms with van der Waals surface area (Å²) >= 11 is 0. The first-order valence-corrected chi connectivity index (χ1v) is 6.08. The molecule has 2 nitrogen and oxygen atoms in total. The van der Waals surface area contributed by atoms with Gasteiger partial charge in [-0.05, 0) is 12.0 Å². The second-order valence-corrected chi connectivity index (χ2v) is 5.39. The van der Waals surface area contributed by atoms with Crippen molar-refractivity contribution in [3.63, 3.8) is 0 Å². The summed E-state index contributed by atoms with van der Waals surface area (Å²) in [6.07, 6.45) is 0. The summed E-state index contributed by atoms with van der Waals surface area (Å²) in [5.74, 6) is -4.18. The third-order valence-corrected chi connectivity index (χ3v) is 3.58. The van der Waals surface area contributed by atoms with Crippen molar-refractivity contribution < 1.29 is 18.0 Å². The van der Waals surface area contributed by atoms with Gasteiger partial charge in [0.2, 0.25) is 5.91 Å². The topological polar surface area (TPSA) is 29.1 Å². The zero-order chi connectivity index (χ0) is 14.8. The molecular formula is C14H18F3NO. The molecule has 0 radical (unpaired) electrons. The van der Waals surface area contributed by atoms with Crippen molar-refractivity contribution in [1.29, 1.82) is 0 Å². The van der Waals surface area contributed by atoms with Crippen LogP contribution in [0.5, 0.6) is 0 Å². The SMILES string of the molecule is CC(C)C(C)(C)C(=O)NCc1ccc(F)c(F)c1F. The van der Waals surface area contributed by atoms with Crippen LogP contribution >= 0.6 is 0 Å². The third kappa shape index (κ3) is 3.28. The molecule has 1 aromatic rings. The number of amides is 1. The minimum atomic E-state index is -1.52. The van der Waals surface area contributed by atoms with Crippen LogP contribution < -0.4 is 5.32 Å². The zero-order valence-corrected chi connectivity index (χ0v) is 11.5. The van der Waals surface area contributed by atoms with Crippen LogP contribution in [0.15, 0.2) is 12.1 Å². The van der Waals surface area contributed by atoms with Crippen molar-refractivity contribution in [1.82, 2.24) is 5.32 Å². The molecule has 0 unspecified atom stereocenters. The summed E-state index contributed by atoms with van der Waals surface area (Å²) in [4.78, 5) is 11.9. The number of halogens is 3. The largest absolute Gasteiger partial charge is 0.351 e. The first kappa shape index (κ1) is 15.5. The van der Waals surface area contributed by atoms with E-state index in [-0.39, 0.29) is 23.9 Å². The fourth-order valence-corrected chi connectivity index (χ4v) is 1.37. The highest BCUT2D eigenvalue weighted by atomic mass is 19.2. The van der Waals surface area contributed by atoms with Crippen LogP contribution in [0.4, 0.5) is 13.2 Å². The zero-order valence-electron chi connectivity index (χ0n) is 11.5. The van der Waals surface area contributed by atoms with E-state index < -0.39 is 22.9 Å². The maximum atomic E-state index is 13.4. The molecule has 1 amide bonds. The number of rotatable bonds is 4. The Morgan fingerprint density at radius 2 is 1.79 bits per heavy atom. The molecule has 1 N–H and O–H groups in total. The standard InChI is InChI=1S/C14H18F3NO/c1-8(2)14(3,4)13(19)18-7-9-5-6-10(15)12(17)11(9)16/h5-6,8H,7H2,1-4H3,(H,18,19). The maximum Gasteiger partial charge on any atom is 0.226 e. The smallest absolute Gasteiger partial charge is 0.226 e. The minimum absolute atomic E-state index is 0.0770. The Kier molecular flexibility index (Phi) is 4.61. The van der Waals surface area contributed by atoms with Crippen molar-refractivity contribution in [2.45, 2.75) is 34.2 Å². The van der Waals surface area contributed by atoms with Gasteiger partial charge in [-0.2, -0.15) is 0 Å². The van der Waals surface area contributed by atoms with Crippen LogP contribution in [-0.2, 0) is 11.3 Å². The number of hydrogen-bond donors (Lipinski definition) is 1.